The lowest BCUT2D eigenvalue weighted by Gasteiger charge is -2.37. The van der Waals surface area contributed by atoms with Gasteiger partial charge in [0.15, 0.2) is 0 Å². The van der Waals surface area contributed by atoms with Gasteiger partial charge in [0, 0.05) is 13.1 Å². The molecule has 0 aliphatic carbocycles. The molecule has 3 heteroatoms. The van der Waals surface area contributed by atoms with E-state index in [2.05, 4.69) is 24.8 Å². The second-order valence-electron chi connectivity index (χ2n) is 4.11. The van der Waals surface area contributed by atoms with Gasteiger partial charge in [-0.25, -0.2) is 0 Å². The van der Waals surface area contributed by atoms with E-state index >= 15 is 0 Å². The van der Waals surface area contributed by atoms with E-state index in [1.54, 1.807) is 0 Å². The molecule has 0 amide bonds. The number of hydrogen-bond donors (Lipinski definition) is 0. The SMILES string of the molecule is C[C@@H]1CN(c2ccccc2Cl)C[C@H](C)O1. The fraction of sp³-hybridized carbons (Fsp3) is 0.500. The summed E-state index contributed by atoms with van der Waals surface area (Å²) in [5, 5.41) is 0.818. The zero-order valence-corrected chi connectivity index (χ0v) is 9.87. The van der Waals surface area contributed by atoms with E-state index in [4.69, 9.17) is 16.3 Å². The number of para-hydroxylation sites is 1. The van der Waals surface area contributed by atoms with Crippen LogP contribution in [0.4, 0.5) is 5.69 Å². The minimum Gasteiger partial charge on any atom is -0.372 e. The van der Waals surface area contributed by atoms with E-state index in [0.717, 1.165) is 23.8 Å². The number of halogens is 1. The molecule has 0 radical (unpaired) electrons. The summed E-state index contributed by atoms with van der Waals surface area (Å²) in [6.07, 6.45) is 0.537. The summed E-state index contributed by atoms with van der Waals surface area (Å²) in [6.45, 7) is 6.02. The lowest BCUT2D eigenvalue weighted by Crippen LogP contribution is -2.45. The molecule has 1 fully saturated rings. The Kier molecular flexibility index (Phi) is 3.17. The molecule has 0 N–H and O–H groups in total. The van der Waals surface area contributed by atoms with Gasteiger partial charge < -0.3 is 9.64 Å². The van der Waals surface area contributed by atoms with Crippen LogP contribution in [0.15, 0.2) is 24.3 Å². The molecule has 2 atom stereocenters. The van der Waals surface area contributed by atoms with Crippen LogP contribution in [0.3, 0.4) is 0 Å². The Bertz CT molecular complexity index is 332. The molecule has 1 aromatic carbocycles. The van der Waals surface area contributed by atoms with Gasteiger partial charge in [0.1, 0.15) is 0 Å². The summed E-state index contributed by atoms with van der Waals surface area (Å²) in [5.41, 5.74) is 1.11. The first-order valence-electron chi connectivity index (χ1n) is 5.31. The van der Waals surface area contributed by atoms with Crippen LogP contribution in [0.1, 0.15) is 13.8 Å². The van der Waals surface area contributed by atoms with E-state index in [1.165, 1.54) is 0 Å². The Morgan fingerprint density at radius 1 is 1.20 bits per heavy atom. The van der Waals surface area contributed by atoms with E-state index in [9.17, 15) is 0 Å². The first-order valence-corrected chi connectivity index (χ1v) is 5.69. The second kappa shape index (κ2) is 4.42. The second-order valence-corrected chi connectivity index (χ2v) is 4.52. The summed E-state index contributed by atoms with van der Waals surface area (Å²) in [4.78, 5) is 2.29. The van der Waals surface area contributed by atoms with Crippen LogP contribution in [0.5, 0.6) is 0 Å². The van der Waals surface area contributed by atoms with Gasteiger partial charge in [-0.3, -0.25) is 0 Å². The third-order valence-electron chi connectivity index (χ3n) is 2.61. The third kappa shape index (κ3) is 2.44. The number of anilines is 1. The summed E-state index contributed by atoms with van der Waals surface area (Å²) in [7, 11) is 0. The van der Waals surface area contributed by atoms with Gasteiger partial charge in [-0.1, -0.05) is 23.7 Å². The Balaban J connectivity index is 2.20. The normalized spacial score (nSPS) is 26.7. The van der Waals surface area contributed by atoms with Crippen molar-refractivity contribution in [3.63, 3.8) is 0 Å². The zero-order valence-electron chi connectivity index (χ0n) is 9.11. The molecule has 2 nitrogen and oxygen atoms in total. The minimum absolute atomic E-state index is 0.269. The lowest BCUT2D eigenvalue weighted by atomic mass is 10.2. The van der Waals surface area contributed by atoms with E-state index in [0.29, 0.717) is 0 Å². The molecule has 2 rings (SSSR count). The number of ether oxygens (including phenoxy) is 1. The van der Waals surface area contributed by atoms with Crippen LogP contribution in [-0.2, 0) is 4.74 Å². The van der Waals surface area contributed by atoms with Crippen molar-refractivity contribution >= 4 is 17.3 Å². The summed E-state index contributed by atoms with van der Waals surface area (Å²) >= 11 is 6.17. The summed E-state index contributed by atoms with van der Waals surface area (Å²) in [6, 6.07) is 7.97. The van der Waals surface area contributed by atoms with E-state index in [1.807, 2.05) is 18.2 Å². The van der Waals surface area contributed by atoms with Crippen molar-refractivity contribution in [2.75, 3.05) is 18.0 Å². The fourth-order valence-corrected chi connectivity index (χ4v) is 2.34. The molecule has 0 aromatic heterocycles. The average molecular weight is 226 g/mol. The Morgan fingerprint density at radius 3 is 2.40 bits per heavy atom. The van der Waals surface area contributed by atoms with Crippen LogP contribution >= 0.6 is 11.6 Å². The highest BCUT2D eigenvalue weighted by Crippen LogP contribution is 2.27. The standard InChI is InChI=1S/C12H16ClNO/c1-9-7-14(8-10(2)15-9)12-6-4-3-5-11(12)13/h3-6,9-10H,7-8H2,1-2H3/t9-,10+. The van der Waals surface area contributed by atoms with Gasteiger partial charge in [0.2, 0.25) is 0 Å². The van der Waals surface area contributed by atoms with Crippen LogP contribution in [-0.4, -0.2) is 25.3 Å². The molecule has 82 valence electrons. The number of rotatable bonds is 1. The monoisotopic (exact) mass is 225 g/mol. The van der Waals surface area contributed by atoms with Gasteiger partial charge in [-0.15, -0.1) is 0 Å². The van der Waals surface area contributed by atoms with Crippen molar-refractivity contribution in [2.45, 2.75) is 26.1 Å². The molecule has 1 heterocycles. The van der Waals surface area contributed by atoms with Gasteiger partial charge >= 0.3 is 0 Å². The number of benzene rings is 1. The molecule has 0 bridgehead atoms. The first kappa shape index (κ1) is 10.8. The van der Waals surface area contributed by atoms with Crippen molar-refractivity contribution in [3.05, 3.63) is 29.3 Å². The van der Waals surface area contributed by atoms with E-state index in [-0.39, 0.29) is 12.2 Å². The number of nitrogens with zero attached hydrogens (tertiary/aromatic N) is 1. The molecular formula is C12H16ClNO. The highest BCUT2D eigenvalue weighted by molar-refractivity contribution is 6.33. The molecule has 1 aliphatic rings. The molecule has 1 aliphatic heterocycles. The Hall–Kier alpha value is -0.730. The molecule has 0 spiro atoms. The van der Waals surface area contributed by atoms with Crippen LogP contribution in [0.2, 0.25) is 5.02 Å². The third-order valence-corrected chi connectivity index (χ3v) is 2.93. The van der Waals surface area contributed by atoms with Crippen molar-refractivity contribution in [3.8, 4) is 0 Å². The molecule has 0 unspecified atom stereocenters. The van der Waals surface area contributed by atoms with Gasteiger partial charge in [0.25, 0.3) is 0 Å². The van der Waals surface area contributed by atoms with Crippen molar-refractivity contribution in [1.29, 1.82) is 0 Å². The molecule has 1 saturated heterocycles. The van der Waals surface area contributed by atoms with Crippen molar-refractivity contribution in [2.24, 2.45) is 0 Å². The topological polar surface area (TPSA) is 12.5 Å². The van der Waals surface area contributed by atoms with Gasteiger partial charge in [-0.05, 0) is 26.0 Å². The minimum atomic E-state index is 0.269. The predicted octanol–water partition coefficient (Wildman–Crippen LogP) is 2.95. The first-order chi connectivity index (χ1) is 7.16. The highest BCUT2D eigenvalue weighted by Gasteiger charge is 2.23. The Morgan fingerprint density at radius 2 is 1.80 bits per heavy atom. The average Bonchev–Trinajstić information content (AvgIpc) is 2.16. The van der Waals surface area contributed by atoms with E-state index < -0.39 is 0 Å². The maximum Gasteiger partial charge on any atom is 0.0726 e. The van der Waals surface area contributed by atoms with Gasteiger partial charge in [0.05, 0.1) is 22.9 Å². The number of morpholine rings is 1. The maximum absolute atomic E-state index is 6.17. The quantitative estimate of drug-likeness (QED) is 0.729. The summed E-state index contributed by atoms with van der Waals surface area (Å²) in [5.74, 6) is 0. The lowest BCUT2D eigenvalue weighted by molar-refractivity contribution is -0.00520. The molecular weight excluding hydrogens is 210 g/mol. The molecule has 15 heavy (non-hydrogen) atoms. The largest absolute Gasteiger partial charge is 0.372 e. The molecule has 0 saturated carbocycles. The fourth-order valence-electron chi connectivity index (χ4n) is 2.08. The molecule has 1 aromatic rings. The Labute approximate surface area is 95.8 Å². The zero-order chi connectivity index (χ0) is 10.8. The van der Waals surface area contributed by atoms with Crippen molar-refractivity contribution in [1.82, 2.24) is 0 Å². The van der Waals surface area contributed by atoms with Crippen molar-refractivity contribution < 1.29 is 4.74 Å². The number of hydrogen-bond acceptors (Lipinski definition) is 2. The smallest absolute Gasteiger partial charge is 0.0726 e. The predicted molar refractivity (Wildman–Crippen MR) is 63.7 cm³/mol. The van der Waals surface area contributed by atoms with Crippen LogP contribution < -0.4 is 4.90 Å². The maximum atomic E-state index is 6.17. The highest BCUT2D eigenvalue weighted by atomic mass is 35.5. The van der Waals surface area contributed by atoms with Gasteiger partial charge in [-0.2, -0.15) is 0 Å². The van der Waals surface area contributed by atoms with Crippen LogP contribution in [0, 0.1) is 0 Å². The van der Waals surface area contributed by atoms with Crippen LogP contribution in [0.25, 0.3) is 0 Å². The summed E-state index contributed by atoms with van der Waals surface area (Å²) < 4.78 is 5.69.